The van der Waals surface area contributed by atoms with E-state index in [1.54, 1.807) is 12.4 Å². The molecule has 1 aliphatic rings. The predicted molar refractivity (Wildman–Crippen MR) is 87.0 cm³/mol. The Morgan fingerprint density at radius 1 is 1.50 bits per heavy atom. The van der Waals surface area contributed by atoms with E-state index in [-0.39, 0.29) is 11.9 Å². The van der Waals surface area contributed by atoms with Crippen molar-refractivity contribution < 1.29 is 4.79 Å². The highest BCUT2D eigenvalue weighted by atomic mass is 32.1. The van der Waals surface area contributed by atoms with Gasteiger partial charge in [-0.25, -0.2) is 4.98 Å². The summed E-state index contributed by atoms with van der Waals surface area (Å²) in [6, 6.07) is 3.98. The third kappa shape index (κ3) is 3.18. The highest BCUT2D eigenvalue weighted by molar-refractivity contribution is 7.13. The Kier molecular flexibility index (Phi) is 4.80. The highest BCUT2D eigenvalue weighted by Crippen LogP contribution is 2.25. The van der Waals surface area contributed by atoms with Gasteiger partial charge in [0.25, 0.3) is 5.91 Å². The Hall–Kier alpha value is -1.79. The minimum Gasteiger partial charge on any atom is -0.328 e. The lowest BCUT2D eigenvalue weighted by atomic mass is 10.1. The molecule has 0 aromatic carbocycles. The average molecular weight is 316 g/mol. The zero-order valence-electron chi connectivity index (χ0n) is 12.7. The molecule has 1 amide bonds. The number of nitrogens with zero attached hydrogens (tertiary/aromatic N) is 3. The van der Waals surface area contributed by atoms with Gasteiger partial charge < -0.3 is 10.2 Å². The number of piperazine rings is 1. The smallest absolute Gasteiger partial charge is 0.266 e. The molecular weight excluding hydrogens is 296 g/mol. The normalized spacial score (nSPS) is 18.4. The van der Waals surface area contributed by atoms with Crippen molar-refractivity contribution in [2.24, 2.45) is 0 Å². The van der Waals surface area contributed by atoms with Crippen molar-refractivity contribution in [1.82, 2.24) is 20.2 Å². The van der Waals surface area contributed by atoms with Crippen LogP contribution >= 0.6 is 11.3 Å². The van der Waals surface area contributed by atoms with E-state index in [2.05, 4.69) is 22.2 Å². The molecule has 6 heteroatoms. The maximum atomic E-state index is 12.8. The first-order valence-corrected chi connectivity index (χ1v) is 8.47. The molecule has 0 radical (unpaired) electrons. The molecule has 5 nitrogen and oxygen atoms in total. The predicted octanol–water partition coefficient (Wildman–Crippen LogP) is 2.28. The molecule has 1 fully saturated rings. The standard InChI is InChI=1S/C16H20N4OS/c1-2-4-15-19-11-14(22-15)16(21)20-8-7-18-10-13(20)12-5-3-6-17-9-12/h3,5-6,9,11,13,18H,2,4,7-8,10H2,1H3. The quantitative estimate of drug-likeness (QED) is 0.940. The first kappa shape index (κ1) is 15.1. The maximum Gasteiger partial charge on any atom is 0.266 e. The number of thiazole rings is 1. The van der Waals surface area contributed by atoms with Gasteiger partial charge >= 0.3 is 0 Å². The topological polar surface area (TPSA) is 58.1 Å². The molecule has 0 aliphatic carbocycles. The number of hydrogen-bond acceptors (Lipinski definition) is 5. The van der Waals surface area contributed by atoms with Crippen LogP contribution in [0.15, 0.2) is 30.7 Å². The summed E-state index contributed by atoms with van der Waals surface area (Å²) in [6.07, 6.45) is 7.30. The third-order valence-electron chi connectivity index (χ3n) is 3.80. The lowest BCUT2D eigenvalue weighted by molar-refractivity contribution is 0.0639. The molecule has 0 spiro atoms. The number of carbonyl (C=O) groups is 1. The van der Waals surface area contributed by atoms with Gasteiger partial charge in [-0.1, -0.05) is 13.0 Å². The van der Waals surface area contributed by atoms with Crippen molar-refractivity contribution in [2.45, 2.75) is 25.8 Å². The van der Waals surface area contributed by atoms with Gasteiger partial charge in [0, 0.05) is 32.0 Å². The first-order chi connectivity index (χ1) is 10.8. The molecule has 2 aromatic heterocycles. The van der Waals surface area contributed by atoms with Crippen LogP contribution in [0.4, 0.5) is 0 Å². The Morgan fingerprint density at radius 3 is 3.18 bits per heavy atom. The number of hydrogen-bond donors (Lipinski definition) is 1. The summed E-state index contributed by atoms with van der Waals surface area (Å²) in [5.74, 6) is 0.0789. The van der Waals surface area contributed by atoms with Crippen LogP contribution in [0.1, 0.15) is 39.6 Å². The van der Waals surface area contributed by atoms with E-state index in [1.807, 2.05) is 23.2 Å². The Bertz CT molecular complexity index is 628. The van der Waals surface area contributed by atoms with Gasteiger partial charge in [-0.2, -0.15) is 0 Å². The fourth-order valence-electron chi connectivity index (χ4n) is 2.70. The second-order valence-electron chi connectivity index (χ2n) is 5.37. The molecule has 3 heterocycles. The van der Waals surface area contributed by atoms with Crippen molar-refractivity contribution >= 4 is 17.2 Å². The SMILES string of the molecule is CCCc1ncc(C(=O)N2CCNCC2c2cccnc2)s1. The number of nitrogens with one attached hydrogen (secondary N) is 1. The molecule has 3 rings (SSSR count). The van der Waals surface area contributed by atoms with E-state index in [1.165, 1.54) is 11.3 Å². The molecule has 0 bridgehead atoms. The van der Waals surface area contributed by atoms with Crippen LogP contribution in [0, 0.1) is 0 Å². The summed E-state index contributed by atoms with van der Waals surface area (Å²) in [7, 11) is 0. The summed E-state index contributed by atoms with van der Waals surface area (Å²) < 4.78 is 0. The zero-order valence-corrected chi connectivity index (χ0v) is 13.5. The van der Waals surface area contributed by atoms with E-state index in [0.29, 0.717) is 6.54 Å². The number of aromatic nitrogens is 2. The molecule has 116 valence electrons. The van der Waals surface area contributed by atoms with E-state index >= 15 is 0 Å². The highest BCUT2D eigenvalue weighted by Gasteiger charge is 2.29. The summed E-state index contributed by atoms with van der Waals surface area (Å²) >= 11 is 1.52. The molecule has 1 aliphatic heterocycles. The van der Waals surface area contributed by atoms with Gasteiger partial charge in [0.1, 0.15) is 4.88 Å². The molecule has 1 atom stereocenters. The summed E-state index contributed by atoms with van der Waals surface area (Å²) in [5, 5.41) is 4.40. The fraction of sp³-hybridized carbons (Fsp3) is 0.438. The van der Waals surface area contributed by atoms with E-state index in [9.17, 15) is 4.79 Å². The monoisotopic (exact) mass is 316 g/mol. The van der Waals surface area contributed by atoms with Gasteiger partial charge in [0.15, 0.2) is 0 Å². The first-order valence-electron chi connectivity index (χ1n) is 7.66. The molecule has 1 saturated heterocycles. The van der Waals surface area contributed by atoms with E-state index in [0.717, 1.165) is 41.4 Å². The van der Waals surface area contributed by atoms with E-state index in [4.69, 9.17) is 0 Å². The van der Waals surface area contributed by atoms with Crippen LogP contribution in [0.3, 0.4) is 0 Å². The summed E-state index contributed by atoms with van der Waals surface area (Å²) in [4.78, 5) is 24.1. The van der Waals surface area contributed by atoms with Gasteiger partial charge in [-0.3, -0.25) is 9.78 Å². The summed E-state index contributed by atoms with van der Waals surface area (Å²) in [5.41, 5.74) is 1.07. The van der Waals surface area contributed by atoms with Crippen molar-refractivity contribution in [3.63, 3.8) is 0 Å². The van der Waals surface area contributed by atoms with Gasteiger partial charge in [0.05, 0.1) is 17.2 Å². The van der Waals surface area contributed by atoms with Crippen LogP contribution in [0.2, 0.25) is 0 Å². The lowest BCUT2D eigenvalue weighted by Crippen LogP contribution is -2.48. The molecule has 2 aromatic rings. The van der Waals surface area contributed by atoms with Gasteiger partial charge in [0.2, 0.25) is 0 Å². The largest absolute Gasteiger partial charge is 0.328 e. The second-order valence-corrected chi connectivity index (χ2v) is 6.49. The third-order valence-corrected chi connectivity index (χ3v) is 4.85. The van der Waals surface area contributed by atoms with Crippen LogP contribution in [0.5, 0.6) is 0 Å². The van der Waals surface area contributed by atoms with Crippen LogP contribution in [-0.4, -0.2) is 40.4 Å². The number of aryl methyl sites for hydroxylation is 1. The molecule has 22 heavy (non-hydrogen) atoms. The Morgan fingerprint density at radius 2 is 2.41 bits per heavy atom. The average Bonchev–Trinajstić information content (AvgIpc) is 3.04. The van der Waals surface area contributed by atoms with Crippen molar-refractivity contribution in [3.05, 3.63) is 46.2 Å². The molecule has 0 saturated carbocycles. The maximum absolute atomic E-state index is 12.8. The number of amides is 1. The van der Waals surface area contributed by atoms with Crippen molar-refractivity contribution in [3.8, 4) is 0 Å². The second kappa shape index (κ2) is 6.98. The number of carbonyl (C=O) groups excluding carboxylic acids is 1. The Balaban J connectivity index is 1.82. The minimum absolute atomic E-state index is 0.0340. The molecule has 1 unspecified atom stereocenters. The molecular formula is C16H20N4OS. The number of pyridine rings is 1. The van der Waals surface area contributed by atoms with Gasteiger partial charge in [-0.15, -0.1) is 11.3 Å². The van der Waals surface area contributed by atoms with Crippen molar-refractivity contribution in [2.75, 3.05) is 19.6 Å². The molecule has 1 N–H and O–H groups in total. The van der Waals surface area contributed by atoms with Crippen LogP contribution in [-0.2, 0) is 6.42 Å². The van der Waals surface area contributed by atoms with Gasteiger partial charge in [-0.05, 0) is 24.5 Å². The van der Waals surface area contributed by atoms with Crippen LogP contribution in [0.25, 0.3) is 0 Å². The Labute approximate surface area is 134 Å². The van der Waals surface area contributed by atoms with Crippen molar-refractivity contribution in [1.29, 1.82) is 0 Å². The van der Waals surface area contributed by atoms with Crippen LogP contribution < -0.4 is 5.32 Å². The minimum atomic E-state index is 0.0340. The van der Waals surface area contributed by atoms with E-state index < -0.39 is 0 Å². The fourth-order valence-corrected chi connectivity index (χ4v) is 3.67. The number of rotatable bonds is 4. The zero-order chi connectivity index (χ0) is 15.4. The summed E-state index contributed by atoms with van der Waals surface area (Å²) in [6.45, 7) is 4.41. The lowest BCUT2D eigenvalue weighted by Gasteiger charge is -2.36.